The number of ether oxygens (including phenoxy) is 1. The van der Waals surface area contributed by atoms with Crippen molar-refractivity contribution in [2.24, 2.45) is 10.9 Å². The fourth-order valence-electron chi connectivity index (χ4n) is 4.16. The van der Waals surface area contributed by atoms with E-state index in [1.807, 2.05) is 7.05 Å². The SMILES string of the molecule is CN=C(NCC1CCCOC1c1ccc(C)cc1)NCC1CN(C)CCN1C. The third-order valence-electron chi connectivity index (χ3n) is 6.09. The summed E-state index contributed by atoms with van der Waals surface area (Å²) in [5.74, 6) is 1.34. The normalized spacial score (nSPS) is 27.6. The van der Waals surface area contributed by atoms with E-state index >= 15 is 0 Å². The Balaban J connectivity index is 1.52. The van der Waals surface area contributed by atoms with Gasteiger partial charge in [-0.2, -0.15) is 0 Å². The van der Waals surface area contributed by atoms with Gasteiger partial charge in [0.2, 0.25) is 0 Å². The summed E-state index contributed by atoms with van der Waals surface area (Å²) in [6.07, 6.45) is 2.47. The van der Waals surface area contributed by atoms with Crippen molar-refractivity contribution in [1.29, 1.82) is 0 Å². The highest BCUT2D eigenvalue weighted by Crippen LogP contribution is 2.33. The molecular formula is C22H37N5O. The van der Waals surface area contributed by atoms with E-state index in [2.05, 4.69) is 70.7 Å². The van der Waals surface area contributed by atoms with Crippen molar-refractivity contribution >= 4 is 5.96 Å². The van der Waals surface area contributed by atoms with Gasteiger partial charge in [0.1, 0.15) is 0 Å². The van der Waals surface area contributed by atoms with E-state index < -0.39 is 0 Å². The third kappa shape index (κ3) is 5.69. The molecule has 6 nitrogen and oxygen atoms in total. The summed E-state index contributed by atoms with van der Waals surface area (Å²) >= 11 is 0. The molecule has 2 saturated heterocycles. The van der Waals surface area contributed by atoms with Crippen LogP contribution in [0, 0.1) is 12.8 Å². The number of benzene rings is 1. The average Bonchev–Trinajstić information content (AvgIpc) is 2.71. The predicted octanol–water partition coefficient (Wildman–Crippen LogP) is 1.87. The quantitative estimate of drug-likeness (QED) is 0.597. The number of aliphatic imine (C=N–C) groups is 1. The van der Waals surface area contributed by atoms with Crippen LogP contribution in [0.2, 0.25) is 0 Å². The van der Waals surface area contributed by atoms with Crippen molar-refractivity contribution in [1.82, 2.24) is 20.4 Å². The lowest BCUT2D eigenvalue weighted by Gasteiger charge is -2.38. The lowest BCUT2D eigenvalue weighted by atomic mass is 9.89. The summed E-state index contributed by atoms with van der Waals surface area (Å²) in [4.78, 5) is 9.26. The third-order valence-corrected chi connectivity index (χ3v) is 6.09. The number of nitrogens with one attached hydrogen (secondary N) is 2. The molecule has 2 N–H and O–H groups in total. The Labute approximate surface area is 170 Å². The van der Waals surface area contributed by atoms with Crippen LogP contribution in [0.25, 0.3) is 0 Å². The molecule has 2 aliphatic heterocycles. The maximum absolute atomic E-state index is 6.15. The average molecular weight is 388 g/mol. The van der Waals surface area contributed by atoms with Crippen molar-refractivity contribution in [3.05, 3.63) is 35.4 Å². The van der Waals surface area contributed by atoms with Crippen LogP contribution in [-0.2, 0) is 4.74 Å². The summed E-state index contributed by atoms with van der Waals surface area (Å²) in [5.41, 5.74) is 2.57. The first-order chi connectivity index (χ1) is 13.6. The van der Waals surface area contributed by atoms with Crippen LogP contribution in [0.4, 0.5) is 0 Å². The lowest BCUT2D eigenvalue weighted by Crippen LogP contribution is -2.55. The number of piperazine rings is 1. The van der Waals surface area contributed by atoms with Gasteiger partial charge >= 0.3 is 0 Å². The maximum Gasteiger partial charge on any atom is 0.191 e. The number of hydrogen-bond acceptors (Lipinski definition) is 4. The monoisotopic (exact) mass is 387 g/mol. The van der Waals surface area contributed by atoms with Gasteiger partial charge in [0, 0.05) is 58.3 Å². The van der Waals surface area contributed by atoms with Crippen molar-refractivity contribution < 1.29 is 4.74 Å². The minimum atomic E-state index is 0.165. The molecule has 2 aliphatic rings. The van der Waals surface area contributed by atoms with Gasteiger partial charge in [-0.25, -0.2) is 0 Å². The number of aryl methyl sites for hydroxylation is 1. The first-order valence-electron chi connectivity index (χ1n) is 10.6. The molecule has 0 bridgehead atoms. The van der Waals surface area contributed by atoms with Crippen LogP contribution in [-0.4, -0.2) is 82.3 Å². The molecular weight excluding hydrogens is 350 g/mol. The minimum absolute atomic E-state index is 0.165. The number of nitrogens with zero attached hydrogens (tertiary/aromatic N) is 3. The van der Waals surface area contributed by atoms with Gasteiger partial charge in [-0.1, -0.05) is 29.8 Å². The fourth-order valence-corrected chi connectivity index (χ4v) is 4.16. The molecule has 0 radical (unpaired) electrons. The molecule has 2 heterocycles. The predicted molar refractivity (Wildman–Crippen MR) is 116 cm³/mol. The Morgan fingerprint density at radius 3 is 2.64 bits per heavy atom. The molecule has 0 saturated carbocycles. The smallest absolute Gasteiger partial charge is 0.191 e. The summed E-state index contributed by atoms with van der Waals surface area (Å²) in [6, 6.07) is 9.28. The Bertz CT molecular complexity index is 632. The summed E-state index contributed by atoms with van der Waals surface area (Å²) in [5, 5.41) is 7.06. The molecule has 2 fully saturated rings. The molecule has 6 heteroatoms. The number of likely N-dealkylation sites (N-methyl/N-ethyl adjacent to an activating group) is 2. The molecule has 1 aromatic carbocycles. The highest BCUT2D eigenvalue weighted by atomic mass is 16.5. The van der Waals surface area contributed by atoms with Gasteiger partial charge in [-0.15, -0.1) is 0 Å². The summed E-state index contributed by atoms with van der Waals surface area (Å²) in [7, 11) is 6.25. The van der Waals surface area contributed by atoms with Crippen molar-refractivity contribution in [3.63, 3.8) is 0 Å². The van der Waals surface area contributed by atoms with Crippen LogP contribution < -0.4 is 10.6 Å². The Kier molecular flexibility index (Phi) is 7.71. The zero-order valence-electron chi connectivity index (χ0n) is 17.9. The van der Waals surface area contributed by atoms with Gasteiger partial charge in [0.05, 0.1) is 6.10 Å². The Morgan fingerprint density at radius 1 is 1.14 bits per heavy atom. The molecule has 28 heavy (non-hydrogen) atoms. The van der Waals surface area contributed by atoms with Gasteiger partial charge < -0.3 is 20.3 Å². The van der Waals surface area contributed by atoms with E-state index in [1.165, 1.54) is 17.5 Å². The van der Waals surface area contributed by atoms with Crippen molar-refractivity contribution in [2.75, 3.05) is 60.5 Å². The van der Waals surface area contributed by atoms with Crippen LogP contribution in [0.1, 0.15) is 30.1 Å². The van der Waals surface area contributed by atoms with Crippen LogP contribution in [0.3, 0.4) is 0 Å². The zero-order chi connectivity index (χ0) is 19.9. The first kappa shape index (κ1) is 21.1. The molecule has 0 aliphatic carbocycles. The van der Waals surface area contributed by atoms with Gasteiger partial charge in [-0.3, -0.25) is 9.89 Å². The van der Waals surface area contributed by atoms with Crippen LogP contribution in [0.5, 0.6) is 0 Å². The van der Waals surface area contributed by atoms with Crippen molar-refractivity contribution in [3.8, 4) is 0 Å². The van der Waals surface area contributed by atoms with E-state index in [1.54, 1.807) is 0 Å². The lowest BCUT2D eigenvalue weighted by molar-refractivity contribution is -0.0265. The van der Waals surface area contributed by atoms with Crippen LogP contribution >= 0.6 is 0 Å². The van der Waals surface area contributed by atoms with E-state index in [0.717, 1.165) is 51.7 Å². The topological polar surface area (TPSA) is 52.1 Å². The molecule has 3 rings (SSSR count). The highest BCUT2D eigenvalue weighted by Gasteiger charge is 2.28. The molecule has 3 atom stereocenters. The molecule has 0 amide bonds. The van der Waals surface area contributed by atoms with Gasteiger partial charge in [-0.05, 0) is 39.4 Å². The molecule has 1 aromatic rings. The Hall–Kier alpha value is -1.63. The number of rotatable bonds is 5. The first-order valence-corrected chi connectivity index (χ1v) is 10.6. The highest BCUT2D eigenvalue weighted by molar-refractivity contribution is 5.79. The second kappa shape index (κ2) is 10.2. The van der Waals surface area contributed by atoms with E-state index in [-0.39, 0.29) is 6.10 Å². The standard InChI is InChI=1S/C22H37N5O/c1-17-7-9-18(10-8-17)21-19(6-5-13-28-21)14-24-22(23-2)25-15-20-16-26(3)11-12-27(20)4/h7-10,19-21H,5-6,11-16H2,1-4H3,(H2,23,24,25). The Morgan fingerprint density at radius 2 is 1.89 bits per heavy atom. The zero-order valence-corrected chi connectivity index (χ0v) is 17.9. The summed E-state index contributed by atoms with van der Waals surface area (Å²) < 4.78 is 6.15. The largest absolute Gasteiger partial charge is 0.373 e. The van der Waals surface area contributed by atoms with Gasteiger partial charge in [0.15, 0.2) is 5.96 Å². The minimum Gasteiger partial charge on any atom is -0.373 e. The second-order valence-electron chi connectivity index (χ2n) is 8.34. The molecule has 0 aromatic heterocycles. The molecule has 156 valence electrons. The van der Waals surface area contributed by atoms with Gasteiger partial charge in [0.25, 0.3) is 0 Å². The van der Waals surface area contributed by atoms with E-state index in [4.69, 9.17) is 4.74 Å². The number of hydrogen-bond donors (Lipinski definition) is 2. The maximum atomic E-state index is 6.15. The fraction of sp³-hybridized carbons (Fsp3) is 0.682. The van der Waals surface area contributed by atoms with E-state index in [0.29, 0.717) is 12.0 Å². The second-order valence-corrected chi connectivity index (χ2v) is 8.34. The number of guanidine groups is 1. The summed E-state index contributed by atoms with van der Waals surface area (Å²) in [6.45, 7) is 8.11. The molecule has 3 unspecified atom stereocenters. The van der Waals surface area contributed by atoms with E-state index in [9.17, 15) is 0 Å². The molecule has 0 spiro atoms. The van der Waals surface area contributed by atoms with Crippen molar-refractivity contribution in [2.45, 2.75) is 31.9 Å². The van der Waals surface area contributed by atoms with Crippen LogP contribution in [0.15, 0.2) is 29.3 Å².